The molecule has 2 aromatic rings. The summed E-state index contributed by atoms with van der Waals surface area (Å²) < 4.78 is 32.6. The lowest BCUT2D eigenvalue weighted by molar-refractivity contribution is 0.0778. The predicted molar refractivity (Wildman–Crippen MR) is 117 cm³/mol. The van der Waals surface area contributed by atoms with Gasteiger partial charge < -0.3 is 10.1 Å². The number of anilines is 1. The average molecular weight is 443 g/mol. The van der Waals surface area contributed by atoms with E-state index in [4.69, 9.17) is 4.74 Å². The van der Waals surface area contributed by atoms with Crippen molar-refractivity contribution < 1.29 is 23.1 Å². The van der Waals surface area contributed by atoms with Crippen molar-refractivity contribution in [2.75, 3.05) is 31.1 Å². The highest BCUT2D eigenvalue weighted by Gasteiger charge is 2.39. The second kappa shape index (κ2) is 8.86. The first-order valence-corrected chi connectivity index (χ1v) is 10.8. The average Bonchev–Trinajstić information content (AvgIpc) is 3.46. The molecule has 170 valence electrons. The molecule has 2 heterocycles. The monoisotopic (exact) mass is 443 g/mol. The molecule has 0 bridgehead atoms. The van der Waals surface area contributed by atoms with Crippen LogP contribution in [-0.4, -0.2) is 48.7 Å². The van der Waals surface area contributed by atoms with Gasteiger partial charge in [-0.2, -0.15) is 0 Å². The van der Waals surface area contributed by atoms with Crippen molar-refractivity contribution in [1.29, 1.82) is 0 Å². The quantitative estimate of drug-likeness (QED) is 0.725. The number of nitrogens with zero attached hydrogens (tertiary/aromatic N) is 2. The Morgan fingerprint density at radius 3 is 2.31 bits per heavy atom. The lowest BCUT2D eigenvalue weighted by atomic mass is 9.86. The summed E-state index contributed by atoms with van der Waals surface area (Å²) in [6, 6.07) is 9.87. The molecule has 2 aliphatic heterocycles. The molecule has 32 heavy (non-hydrogen) atoms. The zero-order valence-corrected chi connectivity index (χ0v) is 18.2. The fraction of sp³-hybridized carbons (Fsp3) is 0.417. The van der Waals surface area contributed by atoms with Crippen molar-refractivity contribution in [3.8, 4) is 0 Å². The topological polar surface area (TPSA) is 61.9 Å². The first kappa shape index (κ1) is 22.2. The van der Waals surface area contributed by atoms with Gasteiger partial charge in [-0.1, -0.05) is 6.07 Å². The van der Waals surface area contributed by atoms with Gasteiger partial charge in [-0.15, -0.1) is 0 Å². The lowest BCUT2D eigenvalue weighted by Gasteiger charge is -2.42. The minimum absolute atomic E-state index is 0.331. The number of benzene rings is 2. The molecule has 0 aliphatic carbocycles. The van der Waals surface area contributed by atoms with Gasteiger partial charge in [0.2, 0.25) is 0 Å². The molecular formula is C24H27F2N3O3. The van der Waals surface area contributed by atoms with Crippen molar-refractivity contribution in [3.05, 3.63) is 65.2 Å². The van der Waals surface area contributed by atoms with Crippen molar-refractivity contribution in [3.63, 3.8) is 0 Å². The van der Waals surface area contributed by atoms with E-state index in [1.807, 2.05) is 13.8 Å². The first-order chi connectivity index (χ1) is 15.3. The van der Waals surface area contributed by atoms with E-state index in [1.165, 1.54) is 11.0 Å². The molecule has 4 rings (SSSR count). The molecule has 1 atom stereocenters. The van der Waals surface area contributed by atoms with Crippen LogP contribution < -0.4 is 10.2 Å². The van der Waals surface area contributed by atoms with E-state index in [9.17, 15) is 18.4 Å². The number of ether oxygens (including phenoxy) is 1. The Labute approximate surface area is 186 Å². The molecule has 0 radical (unpaired) electrons. The van der Waals surface area contributed by atoms with Gasteiger partial charge in [-0.25, -0.2) is 13.6 Å². The Morgan fingerprint density at radius 1 is 1.03 bits per heavy atom. The van der Waals surface area contributed by atoms with Gasteiger partial charge in [0.25, 0.3) is 5.91 Å². The van der Waals surface area contributed by atoms with Crippen LogP contribution in [0, 0.1) is 11.6 Å². The van der Waals surface area contributed by atoms with Crippen molar-refractivity contribution in [2.45, 2.75) is 38.3 Å². The van der Waals surface area contributed by atoms with E-state index in [1.54, 1.807) is 24.3 Å². The van der Waals surface area contributed by atoms with Gasteiger partial charge in [0.15, 0.2) is 11.6 Å². The third kappa shape index (κ3) is 4.32. The molecule has 1 N–H and O–H groups in total. The summed E-state index contributed by atoms with van der Waals surface area (Å²) in [5, 5.41) is 3.04. The van der Waals surface area contributed by atoms with Gasteiger partial charge in [-0.05, 0) is 81.7 Å². The summed E-state index contributed by atoms with van der Waals surface area (Å²) >= 11 is 0. The number of amides is 2. The molecule has 1 unspecified atom stereocenters. The number of carbonyl (C=O) groups is 2. The summed E-state index contributed by atoms with van der Waals surface area (Å²) in [6.45, 7) is 6.57. The molecule has 6 nitrogen and oxygen atoms in total. The maximum atomic E-state index is 14.0. The van der Waals surface area contributed by atoms with Crippen molar-refractivity contribution in [2.24, 2.45) is 0 Å². The van der Waals surface area contributed by atoms with Crippen LogP contribution in [0.4, 0.5) is 19.3 Å². The van der Waals surface area contributed by atoms with E-state index in [-0.39, 0.29) is 5.91 Å². The van der Waals surface area contributed by atoms with Crippen LogP contribution in [0.25, 0.3) is 0 Å². The predicted octanol–water partition coefficient (Wildman–Crippen LogP) is 4.27. The highest BCUT2D eigenvalue weighted by Crippen LogP contribution is 2.34. The number of hydrogen-bond donors (Lipinski definition) is 1. The van der Waals surface area contributed by atoms with E-state index in [0.717, 1.165) is 38.1 Å². The fourth-order valence-electron chi connectivity index (χ4n) is 4.47. The van der Waals surface area contributed by atoms with Gasteiger partial charge in [0.05, 0.1) is 12.6 Å². The van der Waals surface area contributed by atoms with E-state index in [2.05, 4.69) is 10.2 Å². The van der Waals surface area contributed by atoms with E-state index < -0.39 is 29.3 Å². The molecular weight excluding hydrogens is 416 g/mol. The number of likely N-dealkylation sites (tertiary alicyclic amines) is 1. The Balaban J connectivity index is 1.59. The molecule has 2 saturated heterocycles. The SMILES string of the molecule is CC(C)(C(NC(=O)c1ccc(N2CCOC2=O)cc1)c1ccc(F)c(F)c1)N1CCCC1. The zero-order chi connectivity index (χ0) is 22.9. The Morgan fingerprint density at radius 2 is 1.72 bits per heavy atom. The molecule has 8 heteroatoms. The molecule has 0 saturated carbocycles. The Bertz CT molecular complexity index is 1000. The number of rotatable bonds is 6. The summed E-state index contributed by atoms with van der Waals surface area (Å²) in [5.41, 5.74) is 1.05. The van der Waals surface area contributed by atoms with Gasteiger partial charge in [0, 0.05) is 16.8 Å². The van der Waals surface area contributed by atoms with E-state index in [0.29, 0.717) is 30.0 Å². The third-order valence-corrected chi connectivity index (χ3v) is 6.38. The minimum Gasteiger partial charge on any atom is -0.447 e. The number of carbonyl (C=O) groups excluding carboxylic acids is 2. The molecule has 2 aromatic carbocycles. The summed E-state index contributed by atoms with van der Waals surface area (Å²) in [4.78, 5) is 28.6. The van der Waals surface area contributed by atoms with Crippen LogP contribution in [-0.2, 0) is 4.74 Å². The second-order valence-electron chi connectivity index (χ2n) is 8.74. The van der Waals surface area contributed by atoms with Gasteiger partial charge in [0.1, 0.15) is 6.61 Å². The molecule has 0 aromatic heterocycles. The normalized spacial score (nSPS) is 18.0. The number of cyclic esters (lactones) is 1. The highest BCUT2D eigenvalue weighted by atomic mass is 19.2. The van der Waals surface area contributed by atoms with Crippen molar-refractivity contribution in [1.82, 2.24) is 10.2 Å². The van der Waals surface area contributed by atoms with Gasteiger partial charge in [-0.3, -0.25) is 14.6 Å². The van der Waals surface area contributed by atoms with Crippen LogP contribution in [0.2, 0.25) is 0 Å². The zero-order valence-electron chi connectivity index (χ0n) is 18.2. The lowest BCUT2D eigenvalue weighted by Crippen LogP contribution is -2.52. The largest absolute Gasteiger partial charge is 0.447 e. The van der Waals surface area contributed by atoms with E-state index >= 15 is 0 Å². The number of hydrogen-bond acceptors (Lipinski definition) is 4. The highest BCUT2D eigenvalue weighted by molar-refractivity contribution is 5.96. The minimum atomic E-state index is -0.944. The summed E-state index contributed by atoms with van der Waals surface area (Å²) in [6.07, 6.45) is 1.71. The Hall–Kier alpha value is -3.00. The summed E-state index contributed by atoms with van der Waals surface area (Å²) in [7, 11) is 0. The number of halogens is 2. The van der Waals surface area contributed by atoms with Crippen LogP contribution in [0.3, 0.4) is 0 Å². The molecule has 2 fully saturated rings. The van der Waals surface area contributed by atoms with Crippen LogP contribution in [0.15, 0.2) is 42.5 Å². The van der Waals surface area contributed by atoms with Crippen molar-refractivity contribution >= 4 is 17.7 Å². The van der Waals surface area contributed by atoms with Gasteiger partial charge >= 0.3 is 6.09 Å². The first-order valence-electron chi connectivity index (χ1n) is 10.8. The molecule has 2 amide bonds. The standard InChI is InChI=1S/C24H27F2N3O3/c1-24(2,28-11-3-4-12-28)21(17-7-10-19(25)20(26)15-17)27-22(30)16-5-8-18(9-6-16)29-13-14-32-23(29)31/h5-10,15,21H,3-4,11-14H2,1-2H3,(H,27,30). The third-order valence-electron chi connectivity index (χ3n) is 6.38. The number of nitrogens with one attached hydrogen (secondary N) is 1. The second-order valence-corrected chi connectivity index (χ2v) is 8.74. The maximum absolute atomic E-state index is 14.0. The fourth-order valence-corrected chi connectivity index (χ4v) is 4.47. The Kier molecular flexibility index (Phi) is 6.15. The smallest absolute Gasteiger partial charge is 0.414 e. The molecule has 0 spiro atoms. The van der Waals surface area contributed by atoms with Crippen LogP contribution >= 0.6 is 0 Å². The van der Waals surface area contributed by atoms with Crippen LogP contribution in [0.1, 0.15) is 48.7 Å². The van der Waals surface area contributed by atoms with Crippen LogP contribution in [0.5, 0.6) is 0 Å². The molecule has 2 aliphatic rings. The summed E-state index contributed by atoms with van der Waals surface area (Å²) in [5.74, 6) is -2.20. The maximum Gasteiger partial charge on any atom is 0.414 e.